The molecule has 1 atom stereocenters. The van der Waals surface area contributed by atoms with E-state index in [4.69, 9.17) is 0 Å². The Hall–Kier alpha value is -1.96. The highest BCUT2D eigenvalue weighted by Gasteiger charge is 2.50. The molecule has 0 amide bonds. The van der Waals surface area contributed by atoms with Crippen molar-refractivity contribution in [1.29, 1.82) is 0 Å². The van der Waals surface area contributed by atoms with Crippen LogP contribution in [0.2, 0.25) is 0 Å². The molecule has 3 rings (SSSR count). The number of halogens is 6. The predicted octanol–water partition coefficient (Wildman–Crippen LogP) is 4.56. The first kappa shape index (κ1) is 16.9. The van der Waals surface area contributed by atoms with E-state index < -0.39 is 41.6 Å². The zero-order chi connectivity index (χ0) is 17.9. The van der Waals surface area contributed by atoms with Gasteiger partial charge in [-0.2, -0.15) is 13.2 Å². The number of aryl methyl sites for hydroxylation is 1. The van der Waals surface area contributed by atoms with Crippen molar-refractivity contribution in [3.63, 3.8) is 0 Å². The van der Waals surface area contributed by atoms with Gasteiger partial charge in [0.25, 0.3) is 5.92 Å². The average molecular weight is 349 g/mol. The highest BCUT2D eigenvalue weighted by atomic mass is 19.4. The van der Waals surface area contributed by atoms with E-state index >= 15 is 0 Å². The number of alkyl halides is 5. The van der Waals surface area contributed by atoms with E-state index in [0.717, 1.165) is 10.6 Å². The van der Waals surface area contributed by atoms with Crippen LogP contribution in [-0.4, -0.2) is 15.6 Å². The Morgan fingerprint density at radius 3 is 2.50 bits per heavy atom. The van der Waals surface area contributed by atoms with Crippen LogP contribution in [0.1, 0.15) is 34.9 Å². The zero-order valence-corrected chi connectivity index (χ0v) is 12.5. The van der Waals surface area contributed by atoms with E-state index in [0.29, 0.717) is 6.20 Å². The van der Waals surface area contributed by atoms with E-state index in [9.17, 15) is 31.4 Å². The molecule has 1 N–H and O–H groups in total. The van der Waals surface area contributed by atoms with Crippen LogP contribution in [-0.2, 0) is 12.6 Å². The lowest BCUT2D eigenvalue weighted by Gasteiger charge is -2.29. The molecule has 8 heteroatoms. The monoisotopic (exact) mass is 349 g/mol. The van der Waals surface area contributed by atoms with Crippen LogP contribution in [0.15, 0.2) is 24.4 Å². The Kier molecular flexibility index (Phi) is 3.71. The van der Waals surface area contributed by atoms with Crippen LogP contribution < -0.4 is 0 Å². The molecule has 0 unspecified atom stereocenters. The third-order valence-electron chi connectivity index (χ3n) is 4.24. The second-order valence-corrected chi connectivity index (χ2v) is 5.87. The SMILES string of the molecule is Cc1cc(-n2cc(C(F)(F)F)c3c2CCC(F)(F)[C@@H]3O)ccc1F. The van der Waals surface area contributed by atoms with Crippen LogP contribution >= 0.6 is 0 Å². The normalized spacial score (nSPS) is 20.1. The summed E-state index contributed by atoms with van der Waals surface area (Å²) in [6.45, 7) is 1.45. The molecule has 0 saturated carbocycles. The number of aromatic nitrogens is 1. The van der Waals surface area contributed by atoms with Crippen molar-refractivity contribution >= 4 is 0 Å². The minimum absolute atomic E-state index is 0.0354. The van der Waals surface area contributed by atoms with Crippen molar-refractivity contribution in [3.05, 3.63) is 52.6 Å². The van der Waals surface area contributed by atoms with Crippen LogP contribution in [0.5, 0.6) is 0 Å². The van der Waals surface area contributed by atoms with Crippen molar-refractivity contribution in [2.45, 2.75) is 38.0 Å². The Bertz CT molecular complexity index is 793. The maximum Gasteiger partial charge on any atom is 0.418 e. The molecule has 1 heterocycles. The summed E-state index contributed by atoms with van der Waals surface area (Å²) in [5.74, 6) is -4.15. The molecule has 130 valence electrons. The molecule has 2 nitrogen and oxygen atoms in total. The van der Waals surface area contributed by atoms with Crippen molar-refractivity contribution in [2.75, 3.05) is 0 Å². The van der Waals surface area contributed by atoms with Crippen molar-refractivity contribution in [2.24, 2.45) is 0 Å². The average Bonchev–Trinajstić information content (AvgIpc) is 2.86. The summed E-state index contributed by atoms with van der Waals surface area (Å²) >= 11 is 0. The minimum atomic E-state index is -4.89. The standard InChI is InChI=1S/C16H13F6NO/c1-8-6-9(2-3-11(8)17)23-7-10(16(20,21)22)13-12(23)4-5-15(18,19)14(13)24/h2-3,6-7,14,24H,4-5H2,1H3/t14-/m1/s1. The van der Waals surface area contributed by atoms with Gasteiger partial charge >= 0.3 is 6.18 Å². The first-order valence-corrected chi connectivity index (χ1v) is 7.16. The predicted molar refractivity (Wildman–Crippen MR) is 73.7 cm³/mol. The lowest BCUT2D eigenvalue weighted by molar-refractivity contribution is -0.147. The molecule has 0 fully saturated rings. The highest BCUT2D eigenvalue weighted by molar-refractivity contribution is 5.47. The van der Waals surface area contributed by atoms with E-state index in [1.807, 2.05) is 0 Å². The topological polar surface area (TPSA) is 25.2 Å². The Balaban J connectivity index is 2.25. The van der Waals surface area contributed by atoms with Gasteiger partial charge in [0.2, 0.25) is 0 Å². The fourth-order valence-corrected chi connectivity index (χ4v) is 2.99. The number of fused-ring (bicyclic) bond motifs is 1. The number of aliphatic hydroxyl groups excluding tert-OH is 1. The lowest BCUT2D eigenvalue weighted by atomic mass is 9.89. The Morgan fingerprint density at radius 1 is 1.25 bits per heavy atom. The second kappa shape index (κ2) is 5.27. The summed E-state index contributed by atoms with van der Waals surface area (Å²) in [5, 5.41) is 9.77. The summed E-state index contributed by atoms with van der Waals surface area (Å²) in [7, 11) is 0. The Morgan fingerprint density at radius 2 is 1.92 bits per heavy atom. The molecule has 0 bridgehead atoms. The minimum Gasteiger partial charge on any atom is -0.382 e. The summed E-state index contributed by atoms with van der Waals surface area (Å²) in [6.07, 6.45) is -7.82. The summed E-state index contributed by atoms with van der Waals surface area (Å²) < 4.78 is 81.6. The molecule has 1 aliphatic rings. The smallest absolute Gasteiger partial charge is 0.382 e. The Labute approximate surface area is 133 Å². The number of aliphatic hydroxyl groups is 1. The largest absolute Gasteiger partial charge is 0.418 e. The van der Waals surface area contributed by atoms with Gasteiger partial charge in [-0.3, -0.25) is 0 Å². The number of nitrogens with zero attached hydrogens (tertiary/aromatic N) is 1. The van der Waals surface area contributed by atoms with Gasteiger partial charge in [-0.05, 0) is 37.1 Å². The van der Waals surface area contributed by atoms with Crippen molar-refractivity contribution in [3.8, 4) is 5.69 Å². The molecule has 0 saturated heterocycles. The van der Waals surface area contributed by atoms with Gasteiger partial charge in [0, 0.05) is 29.6 Å². The highest BCUT2D eigenvalue weighted by Crippen LogP contribution is 2.48. The van der Waals surface area contributed by atoms with Crippen molar-refractivity contribution < 1.29 is 31.4 Å². The number of rotatable bonds is 1. The maximum atomic E-state index is 13.7. The second-order valence-electron chi connectivity index (χ2n) is 5.87. The number of benzene rings is 1. The van der Waals surface area contributed by atoms with Crippen LogP contribution in [0.3, 0.4) is 0 Å². The molecule has 24 heavy (non-hydrogen) atoms. The molecular weight excluding hydrogens is 336 g/mol. The van der Waals surface area contributed by atoms with Gasteiger partial charge in [0.05, 0.1) is 5.56 Å². The molecule has 1 aliphatic carbocycles. The van der Waals surface area contributed by atoms with Crippen LogP contribution in [0.25, 0.3) is 5.69 Å². The van der Waals surface area contributed by atoms with Crippen LogP contribution in [0.4, 0.5) is 26.3 Å². The van der Waals surface area contributed by atoms with Crippen LogP contribution in [0, 0.1) is 12.7 Å². The summed E-state index contributed by atoms with van der Waals surface area (Å²) in [4.78, 5) is 0. The van der Waals surface area contributed by atoms with Gasteiger partial charge in [-0.1, -0.05) is 0 Å². The quantitative estimate of drug-likeness (QED) is 0.751. The molecular formula is C16H13F6NO. The molecule has 1 aromatic heterocycles. The fourth-order valence-electron chi connectivity index (χ4n) is 2.99. The molecule has 0 radical (unpaired) electrons. The van der Waals surface area contributed by atoms with Gasteiger partial charge in [0.15, 0.2) is 0 Å². The maximum absolute atomic E-state index is 13.7. The molecule has 0 aliphatic heterocycles. The lowest BCUT2D eigenvalue weighted by Crippen LogP contribution is -2.33. The summed E-state index contributed by atoms with van der Waals surface area (Å²) in [5.41, 5.74) is -1.71. The van der Waals surface area contributed by atoms with Gasteiger partial charge < -0.3 is 9.67 Å². The molecule has 0 spiro atoms. The van der Waals surface area contributed by atoms with E-state index in [-0.39, 0.29) is 23.4 Å². The van der Waals surface area contributed by atoms with E-state index in [1.165, 1.54) is 19.1 Å². The fraction of sp³-hybridized carbons (Fsp3) is 0.375. The number of hydrogen-bond acceptors (Lipinski definition) is 1. The first-order chi connectivity index (χ1) is 11.0. The molecule has 2 aromatic rings. The first-order valence-electron chi connectivity index (χ1n) is 7.16. The van der Waals surface area contributed by atoms with Gasteiger partial charge in [-0.25, -0.2) is 13.2 Å². The molecule has 1 aromatic carbocycles. The van der Waals surface area contributed by atoms with Gasteiger partial charge in [0.1, 0.15) is 11.9 Å². The van der Waals surface area contributed by atoms with E-state index in [1.54, 1.807) is 0 Å². The van der Waals surface area contributed by atoms with E-state index in [2.05, 4.69) is 0 Å². The third kappa shape index (κ3) is 2.58. The van der Waals surface area contributed by atoms with Gasteiger partial charge in [-0.15, -0.1) is 0 Å². The van der Waals surface area contributed by atoms with Crippen molar-refractivity contribution in [1.82, 2.24) is 4.57 Å². The summed E-state index contributed by atoms with van der Waals surface area (Å²) in [6, 6.07) is 3.69. The third-order valence-corrected chi connectivity index (χ3v) is 4.24. The number of hydrogen-bond donors (Lipinski definition) is 1. The zero-order valence-electron chi connectivity index (χ0n) is 12.5.